The van der Waals surface area contributed by atoms with E-state index in [0.29, 0.717) is 13.1 Å². The Labute approximate surface area is 306 Å². The monoisotopic (exact) mass is 720 g/mol. The molecular formula is C39H44N8O6. The van der Waals surface area contributed by atoms with Crippen molar-refractivity contribution in [2.45, 2.75) is 57.7 Å². The summed E-state index contributed by atoms with van der Waals surface area (Å²) in [7, 11) is 2.56. The van der Waals surface area contributed by atoms with Gasteiger partial charge in [0.25, 0.3) is 0 Å². The van der Waals surface area contributed by atoms with Crippen molar-refractivity contribution in [3.05, 3.63) is 72.3 Å². The number of carbonyl (C=O) groups is 4. The number of benzene rings is 3. The minimum atomic E-state index is -0.690. The van der Waals surface area contributed by atoms with Gasteiger partial charge < -0.3 is 39.9 Å². The van der Waals surface area contributed by atoms with Gasteiger partial charge in [-0.25, -0.2) is 19.6 Å². The molecule has 0 saturated carbocycles. The molecule has 53 heavy (non-hydrogen) atoms. The second kappa shape index (κ2) is 15.0. The van der Waals surface area contributed by atoms with Gasteiger partial charge in [-0.05, 0) is 78.1 Å². The van der Waals surface area contributed by atoms with Gasteiger partial charge >= 0.3 is 12.2 Å². The molecule has 4 heterocycles. The molecule has 2 fully saturated rings. The van der Waals surface area contributed by atoms with Crippen molar-refractivity contribution in [2.24, 2.45) is 5.92 Å². The highest BCUT2D eigenvalue weighted by Gasteiger charge is 2.38. The summed E-state index contributed by atoms with van der Waals surface area (Å²) in [6.07, 6.45) is 2.01. The van der Waals surface area contributed by atoms with Crippen molar-refractivity contribution in [1.29, 1.82) is 0 Å². The van der Waals surface area contributed by atoms with Gasteiger partial charge in [0, 0.05) is 13.1 Å². The topological polar surface area (TPSA) is 175 Å². The fourth-order valence-corrected chi connectivity index (χ4v) is 7.45. The molecule has 2 unspecified atom stereocenters. The zero-order chi connectivity index (χ0) is 37.2. The lowest BCUT2D eigenvalue weighted by Gasteiger charge is -2.29. The summed E-state index contributed by atoms with van der Waals surface area (Å²) in [4.78, 5) is 70.0. The number of imidazole rings is 2. The lowest BCUT2D eigenvalue weighted by molar-refractivity contribution is -0.135. The second-order valence-electron chi connectivity index (χ2n) is 13.9. The maximum atomic E-state index is 13.6. The van der Waals surface area contributed by atoms with Crippen LogP contribution < -0.4 is 10.6 Å². The summed E-state index contributed by atoms with van der Waals surface area (Å²) >= 11 is 0. The number of carbonyl (C=O) groups excluding carboxylic acids is 4. The van der Waals surface area contributed by atoms with Crippen molar-refractivity contribution < 1.29 is 28.7 Å². The van der Waals surface area contributed by atoms with Crippen molar-refractivity contribution in [1.82, 2.24) is 40.4 Å². The molecular weight excluding hydrogens is 676 g/mol. The van der Waals surface area contributed by atoms with E-state index in [0.717, 1.165) is 81.7 Å². The Morgan fingerprint density at radius 3 is 1.74 bits per heavy atom. The number of ether oxygens (including phenoxy) is 2. The average Bonchev–Trinajstić information content (AvgIpc) is 4.00. The van der Waals surface area contributed by atoms with Crippen LogP contribution in [0.25, 0.3) is 44.3 Å². The lowest BCUT2D eigenvalue weighted by Crippen LogP contribution is -2.51. The van der Waals surface area contributed by atoms with Crippen LogP contribution in [0.2, 0.25) is 0 Å². The standard InChI is InChI=1S/C39H44N8O6/c1-22(2)34(45-39(51)53-4)37(49)47-18-6-8-32(47)36-42-28-16-14-26(20-30(28)44-36)24-11-9-23(10-12-24)25-13-15-27-29(19-25)43-35(41-27)31-7-5-17-46(31)33(48)21-40-38(50)52-3/h9-16,19-20,22,31-32,34H,5-8,17-18,21H2,1-4H3,(H,40,50)(H,41,43)(H,42,44)(H,45,51)/t31?,32-,34?/m0/s1. The van der Waals surface area contributed by atoms with Gasteiger partial charge in [-0.1, -0.05) is 50.2 Å². The molecule has 0 radical (unpaired) electrons. The minimum Gasteiger partial charge on any atom is -0.453 e. The van der Waals surface area contributed by atoms with Crippen molar-refractivity contribution in [3.8, 4) is 22.3 Å². The van der Waals surface area contributed by atoms with E-state index < -0.39 is 18.2 Å². The van der Waals surface area contributed by atoms with Crippen LogP contribution in [0.1, 0.15) is 63.3 Å². The third kappa shape index (κ3) is 7.26. The van der Waals surface area contributed by atoms with E-state index in [1.165, 1.54) is 14.2 Å². The molecule has 7 rings (SSSR count). The van der Waals surface area contributed by atoms with Crippen molar-refractivity contribution in [3.63, 3.8) is 0 Å². The quantitative estimate of drug-likeness (QED) is 0.147. The molecule has 3 atom stereocenters. The van der Waals surface area contributed by atoms with Crippen LogP contribution in [0.4, 0.5) is 9.59 Å². The predicted octanol–water partition coefficient (Wildman–Crippen LogP) is 5.84. The third-order valence-electron chi connectivity index (χ3n) is 10.3. The number of hydrogen-bond acceptors (Lipinski definition) is 8. The Balaban J connectivity index is 1.06. The van der Waals surface area contributed by atoms with E-state index in [2.05, 4.69) is 67.8 Å². The molecule has 2 aliphatic heterocycles. The first kappa shape index (κ1) is 35.5. The highest BCUT2D eigenvalue weighted by molar-refractivity contribution is 5.88. The summed E-state index contributed by atoms with van der Waals surface area (Å²) < 4.78 is 9.35. The number of aromatic nitrogens is 4. The summed E-state index contributed by atoms with van der Waals surface area (Å²) in [5.41, 5.74) is 7.59. The maximum Gasteiger partial charge on any atom is 0.407 e. The SMILES string of the molecule is COC(=O)NCC(=O)N1CCCC1c1nc2ccc(-c3ccc(-c4ccc5nc([C@@H]6CCCN6C(=O)C(NC(=O)OC)C(C)C)[nH]c5c4)cc3)cc2[nH]1. The molecule has 4 amide bonds. The Kier molecular flexibility index (Phi) is 10.0. The van der Waals surface area contributed by atoms with Crippen LogP contribution >= 0.6 is 0 Å². The highest BCUT2D eigenvalue weighted by Crippen LogP contribution is 2.35. The van der Waals surface area contributed by atoms with Gasteiger partial charge in [0.1, 0.15) is 24.2 Å². The zero-order valence-electron chi connectivity index (χ0n) is 30.3. The number of hydrogen-bond donors (Lipinski definition) is 4. The molecule has 0 aliphatic carbocycles. The molecule has 4 N–H and O–H groups in total. The Bertz CT molecular complexity index is 2160. The van der Waals surface area contributed by atoms with Crippen molar-refractivity contribution >= 4 is 46.1 Å². The summed E-state index contributed by atoms with van der Waals surface area (Å²) in [5, 5.41) is 5.17. The summed E-state index contributed by atoms with van der Waals surface area (Å²) in [6.45, 7) is 4.88. The fourth-order valence-electron chi connectivity index (χ4n) is 7.45. The molecule has 14 heteroatoms. The van der Waals surface area contributed by atoms with Gasteiger partial charge in [-0.15, -0.1) is 0 Å². The molecule has 2 aromatic heterocycles. The molecule has 276 valence electrons. The van der Waals surface area contributed by atoms with Crippen LogP contribution in [-0.2, 0) is 19.1 Å². The Morgan fingerprint density at radius 1 is 0.736 bits per heavy atom. The largest absolute Gasteiger partial charge is 0.453 e. The van der Waals surface area contributed by atoms with E-state index in [9.17, 15) is 19.2 Å². The number of nitrogens with one attached hydrogen (secondary N) is 4. The average molecular weight is 721 g/mol. The Hall–Kier alpha value is -5.92. The maximum absolute atomic E-state index is 13.6. The lowest BCUT2D eigenvalue weighted by atomic mass is 10.00. The first-order valence-corrected chi connectivity index (χ1v) is 18.0. The van der Waals surface area contributed by atoms with Crippen LogP contribution in [0, 0.1) is 5.92 Å². The molecule has 2 aliphatic rings. The first-order chi connectivity index (χ1) is 25.6. The number of nitrogens with zero attached hydrogens (tertiary/aromatic N) is 4. The van der Waals surface area contributed by atoms with E-state index in [-0.39, 0.29) is 36.4 Å². The predicted molar refractivity (Wildman–Crippen MR) is 199 cm³/mol. The number of rotatable bonds is 9. The first-order valence-electron chi connectivity index (χ1n) is 18.0. The van der Waals surface area contributed by atoms with Gasteiger partial charge in [0.15, 0.2) is 0 Å². The minimum absolute atomic E-state index is 0.106. The van der Waals surface area contributed by atoms with Crippen LogP contribution in [0.5, 0.6) is 0 Å². The number of alkyl carbamates (subject to hydrolysis) is 2. The van der Waals surface area contributed by atoms with E-state index in [1.54, 1.807) is 4.90 Å². The second-order valence-corrected chi connectivity index (χ2v) is 13.9. The van der Waals surface area contributed by atoms with E-state index >= 15 is 0 Å². The van der Waals surface area contributed by atoms with Gasteiger partial charge in [-0.3, -0.25) is 9.59 Å². The normalized spacial score (nSPS) is 17.8. The smallest absolute Gasteiger partial charge is 0.407 e. The molecule has 14 nitrogen and oxygen atoms in total. The van der Waals surface area contributed by atoms with Gasteiger partial charge in [0.05, 0.1) is 48.4 Å². The number of likely N-dealkylation sites (tertiary alicyclic amines) is 2. The van der Waals surface area contributed by atoms with Gasteiger partial charge in [-0.2, -0.15) is 0 Å². The van der Waals surface area contributed by atoms with Crippen LogP contribution in [-0.4, -0.2) is 93.6 Å². The highest BCUT2D eigenvalue weighted by atomic mass is 16.5. The van der Waals surface area contributed by atoms with E-state index in [4.69, 9.17) is 14.7 Å². The number of fused-ring (bicyclic) bond motifs is 2. The molecule has 5 aromatic rings. The number of methoxy groups -OCH3 is 2. The summed E-state index contributed by atoms with van der Waals surface area (Å²) in [5.74, 6) is 1.05. The number of H-pyrrole nitrogens is 2. The molecule has 0 bridgehead atoms. The number of amides is 4. The molecule has 3 aromatic carbocycles. The zero-order valence-corrected chi connectivity index (χ0v) is 30.3. The van der Waals surface area contributed by atoms with Crippen molar-refractivity contribution in [2.75, 3.05) is 33.9 Å². The van der Waals surface area contributed by atoms with E-state index in [1.807, 2.05) is 36.9 Å². The van der Waals surface area contributed by atoms with Crippen LogP contribution in [0.3, 0.4) is 0 Å². The molecule has 2 saturated heterocycles. The molecule has 0 spiro atoms. The third-order valence-corrected chi connectivity index (χ3v) is 10.3. The summed E-state index contributed by atoms with van der Waals surface area (Å²) in [6, 6.07) is 19.5. The Morgan fingerprint density at radius 2 is 1.23 bits per heavy atom. The fraction of sp³-hybridized carbons (Fsp3) is 0.385. The number of aromatic amines is 2. The van der Waals surface area contributed by atoms with Crippen LogP contribution in [0.15, 0.2) is 60.7 Å². The van der Waals surface area contributed by atoms with Gasteiger partial charge in [0.2, 0.25) is 11.8 Å².